The van der Waals surface area contributed by atoms with Crippen molar-refractivity contribution in [2.45, 2.75) is 0 Å². The van der Waals surface area contributed by atoms with E-state index in [1.807, 2.05) is 0 Å². The first kappa shape index (κ1) is 6.79. The molecular formula is C4H8N5O. The van der Waals surface area contributed by atoms with Gasteiger partial charge < -0.3 is 5.73 Å². The number of nitrogens with zero attached hydrogens (tertiary/aromatic N) is 4. The Balaban J connectivity index is 2.45. The zero-order valence-electron chi connectivity index (χ0n) is 5.40. The fraction of sp³-hybridized carbons (Fsp3) is 0.500. The van der Waals surface area contributed by atoms with Crippen LogP contribution in [-0.2, 0) is 0 Å². The van der Waals surface area contributed by atoms with Crippen molar-refractivity contribution in [1.29, 1.82) is 0 Å². The van der Waals surface area contributed by atoms with Gasteiger partial charge in [-0.2, -0.15) is 5.01 Å². The molecular weight excluding hydrogens is 134 g/mol. The molecule has 0 unspecified atom stereocenters. The molecule has 55 valence electrons. The maximum atomic E-state index is 10.4. The van der Waals surface area contributed by atoms with E-state index in [4.69, 9.17) is 5.73 Å². The Morgan fingerprint density at radius 3 is 2.70 bits per heavy atom. The Morgan fingerprint density at radius 1 is 1.70 bits per heavy atom. The lowest BCUT2D eigenvalue weighted by Gasteiger charge is -2.09. The monoisotopic (exact) mass is 142 g/mol. The van der Waals surface area contributed by atoms with Crippen molar-refractivity contribution in [3.05, 3.63) is 6.92 Å². The topological polar surface area (TPSA) is 74.3 Å². The molecule has 0 aromatic rings. The van der Waals surface area contributed by atoms with Gasteiger partial charge in [-0.15, -0.1) is 0 Å². The highest BCUT2D eigenvalue weighted by Gasteiger charge is 2.17. The van der Waals surface area contributed by atoms with Crippen LogP contribution in [0, 0.1) is 6.92 Å². The minimum absolute atomic E-state index is 0.304. The van der Waals surface area contributed by atoms with E-state index < -0.39 is 6.03 Å². The summed E-state index contributed by atoms with van der Waals surface area (Å²) in [6, 6.07) is -0.597. The third-order valence-corrected chi connectivity index (χ3v) is 1.08. The van der Waals surface area contributed by atoms with Crippen molar-refractivity contribution in [3.63, 3.8) is 0 Å². The molecule has 2 N–H and O–H groups in total. The molecule has 0 aromatic heterocycles. The van der Waals surface area contributed by atoms with Gasteiger partial charge in [0.15, 0.2) is 0 Å². The van der Waals surface area contributed by atoms with E-state index in [9.17, 15) is 4.79 Å². The Labute approximate surface area is 58.2 Å². The Morgan fingerprint density at radius 2 is 2.40 bits per heavy atom. The van der Waals surface area contributed by atoms with Gasteiger partial charge in [-0.05, 0) is 12.1 Å². The third-order valence-electron chi connectivity index (χ3n) is 1.08. The first-order valence-corrected chi connectivity index (χ1v) is 2.77. The van der Waals surface area contributed by atoms with Crippen molar-refractivity contribution >= 4 is 6.03 Å². The Kier molecular flexibility index (Phi) is 1.70. The number of urea groups is 1. The smallest absolute Gasteiger partial charge is 0.338 e. The highest BCUT2D eigenvalue weighted by Crippen LogP contribution is 2.04. The van der Waals surface area contributed by atoms with Crippen LogP contribution in [0.3, 0.4) is 0 Å². The second-order valence-electron chi connectivity index (χ2n) is 1.79. The number of hydrogen-bond donors (Lipinski definition) is 1. The lowest BCUT2D eigenvalue weighted by atomic mass is 10.7. The molecule has 0 aromatic carbocycles. The first-order chi connectivity index (χ1) is 4.74. The predicted octanol–water partition coefficient (Wildman–Crippen LogP) is -0.244. The normalized spacial score (nSPS) is 16.5. The molecule has 1 aliphatic heterocycles. The fourth-order valence-electron chi connectivity index (χ4n) is 0.545. The van der Waals surface area contributed by atoms with Crippen molar-refractivity contribution < 1.29 is 4.79 Å². The van der Waals surface area contributed by atoms with Crippen LogP contribution in [-0.4, -0.2) is 29.3 Å². The van der Waals surface area contributed by atoms with Crippen molar-refractivity contribution in [3.8, 4) is 0 Å². The van der Waals surface area contributed by atoms with E-state index in [1.54, 1.807) is 0 Å². The Bertz CT molecular complexity index is 167. The summed E-state index contributed by atoms with van der Waals surface area (Å²) in [5.41, 5.74) is 4.90. The van der Waals surface area contributed by atoms with Crippen LogP contribution in [0.15, 0.2) is 10.4 Å². The molecule has 6 nitrogen and oxygen atoms in total. The summed E-state index contributed by atoms with van der Waals surface area (Å²) < 4.78 is 0. The van der Waals surface area contributed by atoms with Gasteiger partial charge in [0.25, 0.3) is 0 Å². The zero-order chi connectivity index (χ0) is 7.56. The lowest BCUT2D eigenvalue weighted by Crippen LogP contribution is -2.34. The van der Waals surface area contributed by atoms with Crippen molar-refractivity contribution in [2.24, 2.45) is 16.2 Å². The van der Waals surface area contributed by atoms with Gasteiger partial charge in [0.2, 0.25) is 0 Å². The third kappa shape index (κ3) is 1.15. The number of hydrogen-bond acceptors (Lipinski definition) is 4. The van der Waals surface area contributed by atoms with Crippen molar-refractivity contribution in [2.75, 3.05) is 13.2 Å². The van der Waals surface area contributed by atoms with Crippen LogP contribution in [0.4, 0.5) is 4.79 Å². The summed E-state index contributed by atoms with van der Waals surface area (Å²) in [5.74, 6) is 0. The van der Waals surface area contributed by atoms with Crippen LogP contribution in [0.1, 0.15) is 0 Å². The van der Waals surface area contributed by atoms with Crippen LogP contribution in [0.5, 0.6) is 0 Å². The maximum Gasteiger partial charge on any atom is 0.338 e. The van der Waals surface area contributed by atoms with Gasteiger partial charge >= 0.3 is 6.03 Å². The fourth-order valence-corrected chi connectivity index (χ4v) is 0.545. The summed E-state index contributed by atoms with van der Waals surface area (Å²) in [5, 5.41) is 9.61. The number of nitrogens with two attached hydrogens (primary N) is 1. The number of amides is 2. The number of primary amides is 1. The van der Waals surface area contributed by atoms with Crippen LogP contribution in [0.25, 0.3) is 0 Å². The van der Waals surface area contributed by atoms with E-state index in [1.165, 1.54) is 5.01 Å². The summed E-state index contributed by atoms with van der Waals surface area (Å²) in [4.78, 5) is 10.4. The van der Waals surface area contributed by atoms with E-state index in [2.05, 4.69) is 17.4 Å². The first-order valence-electron chi connectivity index (χ1n) is 2.77. The zero-order valence-corrected chi connectivity index (χ0v) is 5.40. The van der Waals surface area contributed by atoms with E-state index in [-0.39, 0.29) is 0 Å². The summed E-state index contributed by atoms with van der Waals surface area (Å²) in [6.45, 7) is 4.34. The van der Waals surface area contributed by atoms with Gasteiger partial charge in [0, 0.05) is 6.54 Å². The average molecular weight is 142 g/mol. The molecule has 1 rings (SSSR count). The minimum Gasteiger partial charge on any atom is -0.350 e. The predicted molar refractivity (Wildman–Crippen MR) is 33.2 cm³/mol. The maximum absolute atomic E-state index is 10.4. The summed E-state index contributed by atoms with van der Waals surface area (Å²) in [7, 11) is 0. The number of rotatable bonds is 1. The van der Waals surface area contributed by atoms with Crippen LogP contribution >= 0.6 is 0 Å². The molecule has 1 aliphatic rings. The molecule has 0 aliphatic carbocycles. The minimum atomic E-state index is -0.597. The largest absolute Gasteiger partial charge is 0.350 e. The van der Waals surface area contributed by atoms with Gasteiger partial charge in [-0.1, -0.05) is 5.22 Å². The van der Waals surface area contributed by atoms with Crippen LogP contribution in [0.2, 0.25) is 0 Å². The Hall–Kier alpha value is -1.33. The van der Waals surface area contributed by atoms with E-state index in [0.29, 0.717) is 13.2 Å². The number of carbonyl (C=O) groups is 1. The molecule has 0 atom stereocenters. The van der Waals surface area contributed by atoms with Gasteiger partial charge in [0.05, 0.1) is 0 Å². The average Bonchev–Trinajstić information content (AvgIpc) is 2.34. The van der Waals surface area contributed by atoms with Crippen molar-refractivity contribution in [1.82, 2.24) is 10.0 Å². The highest BCUT2D eigenvalue weighted by molar-refractivity contribution is 5.71. The summed E-state index contributed by atoms with van der Waals surface area (Å²) >= 11 is 0. The van der Waals surface area contributed by atoms with E-state index in [0.717, 1.165) is 5.01 Å². The molecule has 0 spiro atoms. The molecule has 10 heavy (non-hydrogen) atoms. The molecule has 6 heteroatoms. The van der Waals surface area contributed by atoms with E-state index >= 15 is 0 Å². The quantitative estimate of drug-likeness (QED) is 0.548. The molecule has 1 heterocycles. The number of carbonyl (C=O) groups excluding carboxylic acids is 1. The molecule has 0 saturated carbocycles. The molecule has 0 fully saturated rings. The lowest BCUT2D eigenvalue weighted by molar-refractivity contribution is 0.197. The highest BCUT2D eigenvalue weighted by atomic mass is 16.2. The second kappa shape index (κ2) is 2.51. The van der Waals surface area contributed by atoms with Gasteiger partial charge in [-0.3, -0.25) is 5.01 Å². The second-order valence-corrected chi connectivity index (χ2v) is 1.79. The SMILES string of the molecule is [CH2]CN1CN(C(N)=O)N=N1. The molecule has 0 bridgehead atoms. The molecule has 2 amide bonds. The van der Waals surface area contributed by atoms with Gasteiger partial charge in [0.1, 0.15) is 6.67 Å². The standard InChI is InChI=1S/C4H8N5O/c1-2-8-3-9(4(5)10)7-6-8/h1-3H2,(H2,5,10). The summed E-state index contributed by atoms with van der Waals surface area (Å²) in [6.07, 6.45) is 0. The van der Waals surface area contributed by atoms with Gasteiger partial charge in [-0.25, -0.2) is 4.79 Å². The molecule has 0 saturated heterocycles. The van der Waals surface area contributed by atoms with Crippen LogP contribution < -0.4 is 5.73 Å². The molecule has 1 radical (unpaired) electrons.